The summed E-state index contributed by atoms with van der Waals surface area (Å²) in [5.74, 6) is 2.62. The number of hydrogen-bond acceptors (Lipinski definition) is 3. The van der Waals surface area contributed by atoms with Crippen LogP contribution < -0.4 is 0 Å². The van der Waals surface area contributed by atoms with Gasteiger partial charge in [-0.25, -0.2) is 0 Å². The highest BCUT2D eigenvalue weighted by Crippen LogP contribution is 2.20. The van der Waals surface area contributed by atoms with Crippen LogP contribution in [-0.4, -0.2) is 26.5 Å². The third-order valence-corrected chi connectivity index (χ3v) is 3.38. The molecule has 0 bridgehead atoms. The molecule has 0 radical (unpaired) electrons. The van der Waals surface area contributed by atoms with E-state index in [1.54, 1.807) is 0 Å². The van der Waals surface area contributed by atoms with E-state index in [1.165, 1.54) is 19.3 Å². The van der Waals surface area contributed by atoms with Crippen LogP contribution in [0.2, 0.25) is 0 Å². The second kappa shape index (κ2) is 5.43. The summed E-state index contributed by atoms with van der Waals surface area (Å²) in [4.78, 5) is 0. The second-order valence-corrected chi connectivity index (χ2v) is 4.69. The SMILES string of the molecule is CCCCCc1nnc2n1CC(CO)CC2. The molecule has 16 heavy (non-hydrogen) atoms. The van der Waals surface area contributed by atoms with Crippen molar-refractivity contribution in [3.05, 3.63) is 11.6 Å². The quantitative estimate of drug-likeness (QED) is 0.771. The predicted octanol–water partition coefficient (Wildman–Crippen LogP) is 1.57. The zero-order chi connectivity index (χ0) is 11.4. The number of aliphatic hydroxyl groups is 1. The summed E-state index contributed by atoms with van der Waals surface area (Å²) in [5.41, 5.74) is 0. The van der Waals surface area contributed by atoms with Crippen molar-refractivity contribution in [2.45, 2.75) is 52.0 Å². The first-order chi connectivity index (χ1) is 7.85. The third-order valence-electron chi connectivity index (χ3n) is 3.38. The van der Waals surface area contributed by atoms with Crippen molar-refractivity contribution in [1.29, 1.82) is 0 Å². The third kappa shape index (κ3) is 2.43. The summed E-state index contributed by atoms with van der Waals surface area (Å²) < 4.78 is 2.22. The monoisotopic (exact) mass is 223 g/mol. The van der Waals surface area contributed by atoms with E-state index in [-0.39, 0.29) is 6.61 Å². The highest BCUT2D eigenvalue weighted by molar-refractivity contribution is 5.00. The fraction of sp³-hybridized carbons (Fsp3) is 0.833. The van der Waals surface area contributed by atoms with Crippen LogP contribution in [0.5, 0.6) is 0 Å². The van der Waals surface area contributed by atoms with E-state index in [9.17, 15) is 5.11 Å². The molecule has 1 aliphatic rings. The van der Waals surface area contributed by atoms with Crippen LogP contribution in [0.1, 0.15) is 44.3 Å². The molecule has 1 unspecified atom stereocenters. The van der Waals surface area contributed by atoms with Gasteiger partial charge in [0.05, 0.1) is 0 Å². The molecule has 90 valence electrons. The van der Waals surface area contributed by atoms with E-state index < -0.39 is 0 Å². The van der Waals surface area contributed by atoms with Crippen LogP contribution in [0, 0.1) is 5.92 Å². The topological polar surface area (TPSA) is 50.9 Å². The molecule has 0 aromatic carbocycles. The van der Waals surface area contributed by atoms with E-state index in [1.807, 2.05) is 0 Å². The lowest BCUT2D eigenvalue weighted by Gasteiger charge is -2.22. The summed E-state index contributed by atoms with van der Waals surface area (Å²) in [7, 11) is 0. The Kier molecular flexibility index (Phi) is 3.93. The predicted molar refractivity (Wildman–Crippen MR) is 62.1 cm³/mol. The van der Waals surface area contributed by atoms with Crippen molar-refractivity contribution < 1.29 is 5.11 Å². The van der Waals surface area contributed by atoms with Gasteiger partial charge in [-0.15, -0.1) is 10.2 Å². The summed E-state index contributed by atoms with van der Waals surface area (Å²) in [6.07, 6.45) is 6.72. The van der Waals surface area contributed by atoms with Gasteiger partial charge < -0.3 is 9.67 Å². The number of aryl methyl sites for hydroxylation is 2. The summed E-state index contributed by atoms with van der Waals surface area (Å²) in [6.45, 7) is 3.40. The van der Waals surface area contributed by atoms with Crippen molar-refractivity contribution in [2.75, 3.05) is 6.61 Å². The maximum atomic E-state index is 9.20. The van der Waals surface area contributed by atoms with E-state index in [0.717, 1.165) is 37.5 Å². The van der Waals surface area contributed by atoms with Gasteiger partial charge in [-0.1, -0.05) is 19.8 Å². The van der Waals surface area contributed by atoms with Gasteiger partial charge in [0.1, 0.15) is 11.6 Å². The molecule has 0 saturated heterocycles. The normalized spacial score (nSPS) is 19.8. The molecular weight excluding hydrogens is 202 g/mol. The van der Waals surface area contributed by atoms with Gasteiger partial charge in [0.2, 0.25) is 0 Å². The molecule has 1 aromatic heterocycles. The molecule has 1 aliphatic heterocycles. The number of unbranched alkanes of at least 4 members (excludes halogenated alkanes) is 2. The number of rotatable bonds is 5. The average molecular weight is 223 g/mol. The fourth-order valence-electron chi connectivity index (χ4n) is 2.32. The average Bonchev–Trinajstić information content (AvgIpc) is 2.72. The lowest BCUT2D eigenvalue weighted by Crippen LogP contribution is -2.24. The van der Waals surface area contributed by atoms with E-state index >= 15 is 0 Å². The standard InChI is InChI=1S/C12H21N3O/c1-2-3-4-5-11-13-14-12-7-6-10(9-16)8-15(11)12/h10,16H,2-9H2,1H3. The van der Waals surface area contributed by atoms with Crippen LogP contribution in [0.25, 0.3) is 0 Å². The Bertz CT molecular complexity index is 335. The van der Waals surface area contributed by atoms with Gasteiger partial charge >= 0.3 is 0 Å². The minimum absolute atomic E-state index is 0.284. The number of fused-ring (bicyclic) bond motifs is 1. The minimum atomic E-state index is 0.284. The van der Waals surface area contributed by atoms with Crippen LogP contribution in [0.15, 0.2) is 0 Å². The van der Waals surface area contributed by atoms with Crippen LogP contribution >= 0.6 is 0 Å². The molecule has 0 aliphatic carbocycles. The summed E-state index contributed by atoms with van der Waals surface area (Å²) in [6, 6.07) is 0. The Morgan fingerprint density at radius 2 is 2.25 bits per heavy atom. The van der Waals surface area contributed by atoms with Crippen molar-refractivity contribution in [2.24, 2.45) is 5.92 Å². The minimum Gasteiger partial charge on any atom is -0.396 e. The van der Waals surface area contributed by atoms with E-state index in [0.29, 0.717) is 5.92 Å². The van der Waals surface area contributed by atoms with E-state index in [2.05, 4.69) is 21.7 Å². The number of aliphatic hydroxyl groups excluding tert-OH is 1. The molecule has 4 nitrogen and oxygen atoms in total. The molecule has 0 amide bonds. The van der Waals surface area contributed by atoms with Crippen molar-refractivity contribution >= 4 is 0 Å². The Labute approximate surface area is 96.7 Å². The number of hydrogen-bond donors (Lipinski definition) is 1. The molecule has 2 heterocycles. The van der Waals surface area contributed by atoms with Crippen molar-refractivity contribution in [3.8, 4) is 0 Å². The van der Waals surface area contributed by atoms with Crippen LogP contribution in [0.3, 0.4) is 0 Å². The first-order valence-electron chi connectivity index (χ1n) is 6.37. The Hall–Kier alpha value is -0.900. The number of aromatic nitrogens is 3. The van der Waals surface area contributed by atoms with Crippen LogP contribution in [-0.2, 0) is 19.4 Å². The van der Waals surface area contributed by atoms with Crippen LogP contribution in [0.4, 0.5) is 0 Å². The van der Waals surface area contributed by atoms with Gasteiger partial charge in [-0.2, -0.15) is 0 Å². The Balaban J connectivity index is 2.01. The second-order valence-electron chi connectivity index (χ2n) is 4.69. The van der Waals surface area contributed by atoms with Gasteiger partial charge in [0.15, 0.2) is 0 Å². The lowest BCUT2D eigenvalue weighted by atomic mass is 10.0. The Morgan fingerprint density at radius 3 is 3.00 bits per heavy atom. The molecule has 1 atom stereocenters. The molecule has 0 spiro atoms. The van der Waals surface area contributed by atoms with Gasteiger partial charge in [-0.3, -0.25) is 0 Å². The molecule has 1 aromatic rings. The van der Waals surface area contributed by atoms with Gasteiger partial charge in [0, 0.05) is 31.9 Å². The fourth-order valence-corrected chi connectivity index (χ4v) is 2.32. The van der Waals surface area contributed by atoms with E-state index in [4.69, 9.17) is 0 Å². The molecule has 0 fully saturated rings. The van der Waals surface area contributed by atoms with Gasteiger partial charge in [-0.05, 0) is 12.8 Å². The van der Waals surface area contributed by atoms with Crippen molar-refractivity contribution in [3.63, 3.8) is 0 Å². The summed E-state index contributed by atoms with van der Waals surface area (Å²) in [5, 5.41) is 17.7. The lowest BCUT2D eigenvalue weighted by molar-refractivity contribution is 0.189. The maximum absolute atomic E-state index is 9.20. The first kappa shape index (κ1) is 11.6. The zero-order valence-electron chi connectivity index (χ0n) is 10.0. The van der Waals surface area contributed by atoms with Gasteiger partial charge in [0.25, 0.3) is 0 Å². The Morgan fingerprint density at radius 1 is 1.38 bits per heavy atom. The largest absolute Gasteiger partial charge is 0.396 e. The summed E-state index contributed by atoms with van der Waals surface area (Å²) >= 11 is 0. The zero-order valence-corrected chi connectivity index (χ0v) is 10.0. The molecule has 4 heteroatoms. The maximum Gasteiger partial charge on any atom is 0.133 e. The molecular formula is C12H21N3O. The highest BCUT2D eigenvalue weighted by atomic mass is 16.3. The smallest absolute Gasteiger partial charge is 0.133 e. The highest BCUT2D eigenvalue weighted by Gasteiger charge is 2.21. The molecule has 0 saturated carbocycles. The van der Waals surface area contributed by atoms with Crippen molar-refractivity contribution in [1.82, 2.24) is 14.8 Å². The number of nitrogens with zero attached hydrogens (tertiary/aromatic N) is 3. The molecule has 1 N–H and O–H groups in total. The molecule has 2 rings (SSSR count). The first-order valence-corrected chi connectivity index (χ1v) is 6.37.